The summed E-state index contributed by atoms with van der Waals surface area (Å²) < 4.78 is 6.47. The molecular formula is C19H20N6OS2. The molecule has 144 valence electrons. The molecule has 0 radical (unpaired) electrons. The Morgan fingerprint density at radius 3 is 2.71 bits per heavy atom. The van der Waals surface area contributed by atoms with Crippen LogP contribution in [0.4, 0.5) is 11.1 Å². The highest BCUT2D eigenvalue weighted by Crippen LogP contribution is 2.30. The fraction of sp³-hybridized carbons (Fsp3) is 0.263. The van der Waals surface area contributed by atoms with Crippen LogP contribution >= 0.6 is 23.1 Å². The summed E-state index contributed by atoms with van der Waals surface area (Å²) >= 11 is 3.26. The smallest absolute Gasteiger partial charge is 0.225 e. The number of benzene rings is 1. The van der Waals surface area contributed by atoms with E-state index >= 15 is 0 Å². The zero-order valence-corrected chi connectivity index (χ0v) is 17.2. The van der Waals surface area contributed by atoms with Gasteiger partial charge in [0.1, 0.15) is 6.26 Å². The van der Waals surface area contributed by atoms with Gasteiger partial charge in [0.25, 0.3) is 0 Å². The van der Waals surface area contributed by atoms with Crippen LogP contribution in [-0.2, 0) is 0 Å². The summed E-state index contributed by atoms with van der Waals surface area (Å²) in [7, 11) is 0. The van der Waals surface area contributed by atoms with Crippen LogP contribution in [0, 0.1) is 5.92 Å². The average molecular weight is 413 g/mol. The lowest BCUT2D eigenvalue weighted by Crippen LogP contribution is -2.20. The number of anilines is 2. The molecule has 7 nitrogen and oxygen atoms in total. The van der Waals surface area contributed by atoms with Crippen molar-refractivity contribution in [2.45, 2.75) is 11.8 Å². The maximum atomic E-state index is 5.37. The van der Waals surface area contributed by atoms with Gasteiger partial charge in [0.2, 0.25) is 11.8 Å². The molecule has 0 spiro atoms. The fourth-order valence-electron chi connectivity index (χ4n) is 2.61. The standard InChI is InChI=1S/C19H20N6OS2/c1-12(8-21-18-22-10-14(27-2)11-23-18)9-24-19-25-15-4-3-13(7-16(15)28-19)17-20-5-6-26-17/h3-7,10-12H,8-9H2,1-2H3,(H,24,25)(H,21,22,23). The van der Waals surface area contributed by atoms with Gasteiger partial charge in [-0.2, -0.15) is 0 Å². The number of fused-ring (bicyclic) bond motifs is 1. The molecule has 2 N–H and O–H groups in total. The molecule has 4 aromatic rings. The third kappa shape index (κ3) is 4.42. The summed E-state index contributed by atoms with van der Waals surface area (Å²) in [5.41, 5.74) is 1.92. The molecule has 4 rings (SSSR count). The molecular weight excluding hydrogens is 392 g/mol. The van der Waals surface area contributed by atoms with Gasteiger partial charge in [-0.3, -0.25) is 0 Å². The molecule has 0 aliphatic rings. The van der Waals surface area contributed by atoms with Crippen LogP contribution in [-0.4, -0.2) is 39.3 Å². The zero-order chi connectivity index (χ0) is 19.3. The van der Waals surface area contributed by atoms with E-state index in [9.17, 15) is 0 Å². The van der Waals surface area contributed by atoms with Crippen LogP contribution in [0.3, 0.4) is 0 Å². The lowest BCUT2D eigenvalue weighted by Gasteiger charge is -2.13. The van der Waals surface area contributed by atoms with Crippen molar-refractivity contribution in [2.24, 2.45) is 5.92 Å². The third-order valence-electron chi connectivity index (χ3n) is 4.14. The SMILES string of the molecule is CSc1cnc(NCC(C)CNc2nc3ccc(-c4ncco4)cc3s2)nc1. The summed E-state index contributed by atoms with van der Waals surface area (Å²) in [5.74, 6) is 1.67. The molecule has 0 saturated heterocycles. The zero-order valence-electron chi connectivity index (χ0n) is 15.5. The minimum Gasteiger partial charge on any atom is -0.445 e. The quantitative estimate of drug-likeness (QED) is 0.405. The van der Waals surface area contributed by atoms with E-state index in [-0.39, 0.29) is 0 Å². The second-order valence-corrected chi connectivity index (χ2v) is 8.26. The first-order valence-corrected chi connectivity index (χ1v) is 10.9. The van der Waals surface area contributed by atoms with Crippen LogP contribution < -0.4 is 10.6 Å². The summed E-state index contributed by atoms with van der Waals surface area (Å²) in [6.07, 6.45) is 8.90. The van der Waals surface area contributed by atoms with Crippen molar-refractivity contribution in [1.82, 2.24) is 19.9 Å². The Morgan fingerprint density at radius 2 is 1.96 bits per heavy atom. The first-order chi connectivity index (χ1) is 13.7. The summed E-state index contributed by atoms with van der Waals surface area (Å²) in [6.45, 7) is 3.76. The molecule has 1 atom stereocenters. The van der Waals surface area contributed by atoms with Gasteiger partial charge in [0, 0.05) is 35.9 Å². The monoisotopic (exact) mass is 412 g/mol. The number of thiazole rings is 1. The maximum absolute atomic E-state index is 5.37. The van der Waals surface area contributed by atoms with Crippen molar-refractivity contribution in [3.05, 3.63) is 43.1 Å². The Hall–Kier alpha value is -2.65. The van der Waals surface area contributed by atoms with Crippen LogP contribution in [0.15, 0.2) is 52.4 Å². The molecule has 3 heterocycles. The minimum atomic E-state index is 0.388. The van der Waals surface area contributed by atoms with Gasteiger partial charge in [-0.05, 0) is 30.4 Å². The van der Waals surface area contributed by atoms with Gasteiger partial charge in [0.15, 0.2) is 5.13 Å². The third-order valence-corrected chi connectivity index (χ3v) is 5.80. The fourth-order valence-corrected chi connectivity index (χ4v) is 3.84. The van der Waals surface area contributed by atoms with Crippen molar-refractivity contribution in [2.75, 3.05) is 30.0 Å². The van der Waals surface area contributed by atoms with E-state index in [2.05, 4.69) is 43.6 Å². The number of hydrogen-bond donors (Lipinski definition) is 2. The molecule has 0 saturated carbocycles. The van der Waals surface area contributed by atoms with Gasteiger partial charge in [-0.25, -0.2) is 19.9 Å². The first-order valence-electron chi connectivity index (χ1n) is 8.85. The lowest BCUT2D eigenvalue weighted by molar-refractivity contribution is 0.574. The molecule has 9 heteroatoms. The number of rotatable bonds is 8. The van der Waals surface area contributed by atoms with E-state index in [0.717, 1.165) is 38.9 Å². The highest BCUT2D eigenvalue weighted by molar-refractivity contribution is 7.98. The van der Waals surface area contributed by atoms with E-state index in [1.807, 2.05) is 30.8 Å². The van der Waals surface area contributed by atoms with Crippen LogP contribution in [0.25, 0.3) is 21.7 Å². The molecule has 3 aromatic heterocycles. The van der Waals surface area contributed by atoms with Crippen molar-refractivity contribution in [3.8, 4) is 11.5 Å². The Kier molecular flexibility index (Phi) is 5.73. The Labute approximate surface area is 171 Å². The number of oxazole rings is 1. The van der Waals surface area contributed by atoms with E-state index in [1.165, 1.54) is 0 Å². The van der Waals surface area contributed by atoms with Gasteiger partial charge < -0.3 is 15.1 Å². The normalized spacial score (nSPS) is 12.2. The number of thioether (sulfide) groups is 1. The second-order valence-electron chi connectivity index (χ2n) is 6.35. The lowest BCUT2D eigenvalue weighted by atomic mass is 10.2. The summed E-state index contributed by atoms with van der Waals surface area (Å²) in [6, 6.07) is 6.04. The largest absolute Gasteiger partial charge is 0.445 e. The first kappa shape index (κ1) is 18.7. The number of nitrogens with one attached hydrogen (secondary N) is 2. The molecule has 0 bridgehead atoms. The van der Waals surface area contributed by atoms with Crippen molar-refractivity contribution in [1.29, 1.82) is 0 Å². The van der Waals surface area contributed by atoms with Crippen LogP contribution in [0.1, 0.15) is 6.92 Å². The molecule has 1 unspecified atom stereocenters. The van der Waals surface area contributed by atoms with Crippen LogP contribution in [0.2, 0.25) is 0 Å². The van der Waals surface area contributed by atoms with Gasteiger partial charge in [-0.15, -0.1) is 11.8 Å². The van der Waals surface area contributed by atoms with Gasteiger partial charge in [-0.1, -0.05) is 18.3 Å². The van der Waals surface area contributed by atoms with Crippen molar-refractivity contribution < 1.29 is 4.42 Å². The number of aromatic nitrogens is 4. The summed E-state index contributed by atoms with van der Waals surface area (Å²) in [5, 5.41) is 7.61. The van der Waals surface area contributed by atoms with E-state index in [4.69, 9.17) is 4.42 Å². The molecule has 0 amide bonds. The van der Waals surface area contributed by atoms with Crippen molar-refractivity contribution in [3.63, 3.8) is 0 Å². The predicted octanol–water partition coefficient (Wildman–Crippen LogP) is 4.62. The Balaban J connectivity index is 1.32. The molecule has 0 fully saturated rings. The Morgan fingerprint density at radius 1 is 1.14 bits per heavy atom. The number of hydrogen-bond acceptors (Lipinski definition) is 9. The van der Waals surface area contributed by atoms with Crippen LogP contribution in [0.5, 0.6) is 0 Å². The topological polar surface area (TPSA) is 88.8 Å². The highest BCUT2D eigenvalue weighted by atomic mass is 32.2. The Bertz CT molecular complexity index is 1030. The predicted molar refractivity (Wildman–Crippen MR) is 115 cm³/mol. The number of nitrogens with zero attached hydrogens (tertiary/aromatic N) is 4. The van der Waals surface area contributed by atoms with Gasteiger partial charge >= 0.3 is 0 Å². The molecule has 0 aliphatic carbocycles. The van der Waals surface area contributed by atoms with E-state index < -0.39 is 0 Å². The minimum absolute atomic E-state index is 0.388. The molecule has 28 heavy (non-hydrogen) atoms. The highest BCUT2D eigenvalue weighted by Gasteiger charge is 2.09. The average Bonchev–Trinajstić information content (AvgIpc) is 3.40. The van der Waals surface area contributed by atoms with Crippen molar-refractivity contribution >= 4 is 44.4 Å². The summed E-state index contributed by atoms with van der Waals surface area (Å²) in [4.78, 5) is 18.5. The second kappa shape index (κ2) is 8.57. The molecule has 1 aromatic carbocycles. The van der Waals surface area contributed by atoms with E-state index in [0.29, 0.717) is 17.8 Å². The van der Waals surface area contributed by atoms with E-state index in [1.54, 1.807) is 35.6 Å². The van der Waals surface area contributed by atoms with Gasteiger partial charge in [0.05, 0.1) is 16.4 Å². The molecule has 0 aliphatic heterocycles. The maximum Gasteiger partial charge on any atom is 0.225 e.